The predicted octanol–water partition coefficient (Wildman–Crippen LogP) is 0.918. The molecule has 0 aliphatic carbocycles. The van der Waals surface area contributed by atoms with Crippen LogP contribution < -0.4 is 10.6 Å². The Morgan fingerprint density at radius 1 is 1.40 bits per heavy atom. The van der Waals surface area contributed by atoms with Gasteiger partial charge in [-0.15, -0.1) is 0 Å². The molecule has 5 nitrogen and oxygen atoms in total. The zero-order chi connectivity index (χ0) is 14.7. The zero-order valence-electron chi connectivity index (χ0n) is 11.6. The number of rotatable bonds is 2. The Balaban J connectivity index is 2.27. The molecule has 1 aliphatic heterocycles. The highest BCUT2D eigenvalue weighted by atomic mass is 79.9. The molecule has 0 aromatic heterocycles. The van der Waals surface area contributed by atoms with Crippen LogP contribution in [0.2, 0.25) is 0 Å². The third-order valence-corrected chi connectivity index (χ3v) is 3.80. The quantitative estimate of drug-likeness (QED) is 0.842. The molecule has 0 bridgehead atoms. The predicted molar refractivity (Wildman–Crippen MR) is 80.6 cm³/mol. The fraction of sp³-hybridized carbons (Fsp3) is 0.429. The number of aryl methyl sites for hydroxylation is 1. The molecule has 1 aromatic carbocycles. The molecule has 0 saturated carbocycles. The van der Waals surface area contributed by atoms with E-state index in [2.05, 4.69) is 26.6 Å². The Morgan fingerprint density at radius 2 is 2.15 bits per heavy atom. The van der Waals surface area contributed by atoms with Crippen LogP contribution in [0.15, 0.2) is 22.7 Å². The van der Waals surface area contributed by atoms with Crippen LogP contribution in [-0.2, 0) is 4.79 Å². The molecule has 2 N–H and O–H groups in total. The van der Waals surface area contributed by atoms with Crippen LogP contribution in [0.1, 0.15) is 15.9 Å². The molecule has 0 spiro atoms. The maximum absolute atomic E-state index is 12.6. The molecule has 1 aromatic rings. The third-order valence-electron chi connectivity index (χ3n) is 3.34. The van der Waals surface area contributed by atoms with E-state index in [1.807, 2.05) is 19.1 Å². The highest BCUT2D eigenvalue weighted by molar-refractivity contribution is 9.10. The highest BCUT2D eigenvalue weighted by Gasteiger charge is 2.32. The van der Waals surface area contributed by atoms with Gasteiger partial charge in [-0.3, -0.25) is 9.59 Å². The van der Waals surface area contributed by atoms with Gasteiger partial charge in [0.1, 0.15) is 6.04 Å². The summed E-state index contributed by atoms with van der Waals surface area (Å²) in [6.45, 7) is 3.66. The summed E-state index contributed by atoms with van der Waals surface area (Å²) in [5.74, 6) is -0.248. The molecule has 1 fully saturated rings. The van der Waals surface area contributed by atoms with Crippen molar-refractivity contribution in [3.05, 3.63) is 33.8 Å². The van der Waals surface area contributed by atoms with Crippen molar-refractivity contribution in [3.8, 4) is 0 Å². The van der Waals surface area contributed by atoms with Crippen LogP contribution >= 0.6 is 15.9 Å². The summed E-state index contributed by atoms with van der Waals surface area (Å²) in [5, 5.41) is 5.76. The van der Waals surface area contributed by atoms with Gasteiger partial charge in [0.25, 0.3) is 5.91 Å². The van der Waals surface area contributed by atoms with Crippen LogP contribution in [0.5, 0.6) is 0 Å². The first-order chi connectivity index (χ1) is 9.52. The third kappa shape index (κ3) is 3.19. The van der Waals surface area contributed by atoms with Crippen LogP contribution in [0.3, 0.4) is 0 Å². The molecule has 0 radical (unpaired) electrons. The van der Waals surface area contributed by atoms with E-state index in [4.69, 9.17) is 0 Å². The Kier molecular flexibility index (Phi) is 4.77. The number of nitrogens with zero attached hydrogens (tertiary/aromatic N) is 1. The first-order valence-corrected chi connectivity index (χ1v) is 7.32. The Hall–Kier alpha value is -1.40. The van der Waals surface area contributed by atoms with Gasteiger partial charge in [0.2, 0.25) is 5.91 Å². The number of carbonyl (C=O) groups is 2. The minimum atomic E-state index is -0.458. The molecule has 1 heterocycles. The van der Waals surface area contributed by atoms with Crippen molar-refractivity contribution in [2.45, 2.75) is 13.0 Å². The van der Waals surface area contributed by atoms with Crippen LogP contribution in [0.4, 0.5) is 0 Å². The summed E-state index contributed by atoms with van der Waals surface area (Å²) < 4.78 is 0.868. The van der Waals surface area contributed by atoms with Gasteiger partial charge >= 0.3 is 0 Å². The van der Waals surface area contributed by atoms with Crippen molar-refractivity contribution in [2.75, 3.05) is 26.7 Å². The molecular formula is C14H18BrN3O2. The van der Waals surface area contributed by atoms with Crippen LogP contribution in [-0.4, -0.2) is 49.4 Å². The molecule has 1 unspecified atom stereocenters. The van der Waals surface area contributed by atoms with E-state index in [1.54, 1.807) is 18.0 Å². The van der Waals surface area contributed by atoms with Crippen molar-refractivity contribution >= 4 is 27.7 Å². The lowest BCUT2D eigenvalue weighted by atomic mass is 10.1. The number of likely N-dealkylation sites (N-methyl/N-ethyl adjacent to an activating group) is 1. The Morgan fingerprint density at radius 3 is 2.80 bits per heavy atom. The largest absolute Gasteiger partial charge is 0.357 e. The van der Waals surface area contributed by atoms with E-state index < -0.39 is 6.04 Å². The normalized spacial score (nSPS) is 18.8. The second kappa shape index (κ2) is 6.37. The summed E-state index contributed by atoms with van der Waals surface area (Å²) >= 11 is 3.40. The molecule has 20 heavy (non-hydrogen) atoms. The first kappa shape index (κ1) is 15.0. The number of amides is 2. The number of piperazine rings is 1. The number of hydrogen-bond donors (Lipinski definition) is 2. The molecule has 6 heteroatoms. The summed E-state index contributed by atoms with van der Waals surface area (Å²) in [6.07, 6.45) is 0. The zero-order valence-corrected chi connectivity index (χ0v) is 13.2. The molecule has 1 aliphatic rings. The van der Waals surface area contributed by atoms with E-state index in [0.717, 1.165) is 10.0 Å². The van der Waals surface area contributed by atoms with Crippen LogP contribution in [0.25, 0.3) is 0 Å². The summed E-state index contributed by atoms with van der Waals surface area (Å²) in [4.78, 5) is 26.2. The molecule has 1 atom stereocenters. The number of hydrogen-bond acceptors (Lipinski definition) is 3. The first-order valence-electron chi connectivity index (χ1n) is 6.53. The van der Waals surface area contributed by atoms with Crippen molar-refractivity contribution in [2.24, 2.45) is 0 Å². The Labute approximate surface area is 126 Å². The smallest absolute Gasteiger partial charge is 0.254 e. The SMILES string of the molecule is CNC(=O)C1CNCCN1C(=O)c1cc(C)cc(Br)c1. The fourth-order valence-corrected chi connectivity index (χ4v) is 2.98. The Bertz CT molecular complexity index is 513. The number of carbonyl (C=O) groups excluding carboxylic acids is 2. The summed E-state index contributed by atoms with van der Waals surface area (Å²) in [7, 11) is 1.59. The van der Waals surface area contributed by atoms with Gasteiger partial charge in [-0.2, -0.15) is 0 Å². The molecule has 2 amide bonds. The van der Waals surface area contributed by atoms with Gasteiger partial charge in [-0.05, 0) is 30.7 Å². The van der Waals surface area contributed by atoms with Crippen molar-refractivity contribution in [1.29, 1.82) is 0 Å². The van der Waals surface area contributed by atoms with Crippen LogP contribution in [0, 0.1) is 6.92 Å². The summed E-state index contributed by atoms with van der Waals surface area (Å²) in [6, 6.07) is 5.12. The molecular weight excluding hydrogens is 322 g/mol. The highest BCUT2D eigenvalue weighted by Crippen LogP contribution is 2.18. The van der Waals surface area contributed by atoms with Gasteiger partial charge in [-0.1, -0.05) is 15.9 Å². The topological polar surface area (TPSA) is 61.4 Å². The number of nitrogens with one attached hydrogen (secondary N) is 2. The number of benzene rings is 1. The van der Waals surface area contributed by atoms with Crippen molar-refractivity contribution in [1.82, 2.24) is 15.5 Å². The van der Waals surface area contributed by atoms with E-state index in [9.17, 15) is 9.59 Å². The lowest BCUT2D eigenvalue weighted by Gasteiger charge is -2.35. The van der Waals surface area contributed by atoms with Gasteiger partial charge in [0.05, 0.1) is 0 Å². The second-order valence-electron chi connectivity index (χ2n) is 4.85. The minimum absolute atomic E-state index is 0.107. The van der Waals surface area contributed by atoms with E-state index in [1.165, 1.54) is 0 Å². The van der Waals surface area contributed by atoms with Crippen molar-refractivity contribution in [3.63, 3.8) is 0 Å². The lowest BCUT2D eigenvalue weighted by Crippen LogP contribution is -2.59. The number of halogens is 1. The second-order valence-corrected chi connectivity index (χ2v) is 5.77. The average molecular weight is 340 g/mol. The molecule has 108 valence electrons. The average Bonchev–Trinajstić information content (AvgIpc) is 2.44. The molecule has 2 rings (SSSR count). The maximum Gasteiger partial charge on any atom is 0.254 e. The summed E-state index contributed by atoms with van der Waals surface area (Å²) in [5.41, 5.74) is 1.61. The van der Waals surface area contributed by atoms with E-state index >= 15 is 0 Å². The monoisotopic (exact) mass is 339 g/mol. The maximum atomic E-state index is 12.6. The van der Waals surface area contributed by atoms with Gasteiger partial charge < -0.3 is 15.5 Å². The lowest BCUT2D eigenvalue weighted by molar-refractivity contribution is -0.125. The van der Waals surface area contributed by atoms with Gasteiger partial charge in [-0.25, -0.2) is 0 Å². The standard InChI is InChI=1S/C14H18BrN3O2/c1-9-5-10(7-11(15)6-9)14(20)18-4-3-17-8-12(18)13(19)16-2/h5-7,12,17H,3-4,8H2,1-2H3,(H,16,19). The van der Waals surface area contributed by atoms with Gasteiger partial charge in [0.15, 0.2) is 0 Å². The van der Waals surface area contributed by atoms with E-state index in [-0.39, 0.29) is 11.8 Å². The van der Waals surface area contributed by atoms with E-state index in [0.29, 0.717) is 25.2 Å². The molecule has 1 saturated heterocycles. The van der Waals surface area contributed by atoms with Gasteiger partial charge in [0, 0.05) is 36.7 Å². The van der Waals surface area contributed by atoms with Crippen molar-refractivity contribution < 1.29 is 9.59 Å². The fourth-order valence-electron chi connectivity index (χ4n) is 2.37. The minimum Gasteiger partial charge on any atom is -0.357 e.